The Hall–Kier alpha value is -1.62. The second kappa shape index (κ2) is 6.52. The Kier molecular flexibility index (Phi) is 4.74. The first-order valence-electron chi connectivity index (χ1n) is 6.80. The fraction of sp³-hybridized carbons (Fsp3) is 0.571. The Morgan fingerprint density at radius 1 is 1.42 bits per heavy atom. The second-order valence-electron chi connectivity index (χ2n) is 5.00. The smallest absolute Gasteiger partial charge is 0.241 e. The first-order chi connectivity index (χ1) is 9.15. The van der Waals surface area contributed by atoms with E-state index in [1.165, 1.54) is 0 Å². The molecule has 0 fully saturated rings. The van der Waals surface area contributed by atoms with Crippen molar-refractivity contribution >= 4 is 5.91 Å². The van der Waals surface area contributed by atoms with Crippen LogP contribution < -0.4 is 5.32 Å². The summed E-state index contributed by atoms with van der Waals surface area (Å²) in [6, 6.07) is 1.98. The van der Waals surface area contributed by atoms with Crippen molar-refractivity contribution in [2.75, 3.05) is 26.2 Å². The van der Waals surface area contributed by atoms with Crippen LogP contribution in [0, 0.1) is 13.8 Å². The van der Waals surface area contributed by atoms with Gasteiger partial charge in [0.2, 0.25) is 5.91 Å². The molecule has 0 aromatic carbocycles. The molecule has 1 aromatic heterocycles. The minimum atomic E-state index is 0.0266. The molecule has 0 radical (unpaired) electrons. The highest BCUT2D eigenvalue weighted by molar-refractivity contribution is 5.75. The molecule has 1 N–H and O–H groups in total. The van der Waals surface area contributed by atoms with Gasteiger partial charge in [-0.2, -0.15) is 5.10 Å². The molecule has 0 atom stereocenters. The zero-order valence-electron chi connectivity index (χ0n) is 11.7. The summed E-state index contributed by atoms with van der Waals surface area (Å²) in [5.41, 5.74) is 1.97. The van der Waals surface area contributed by atoms with Gasteiger partial charge in [0.15, 0.2) is 0 Å². The second-order valence-corrected chi connectivity index (χ2v) is 5.00. The molecule has 0 unspecified atom stereocenters. The summed E-state index contributed by atoms with van der Waals surface area (Å²) in [5.74, 6) is 0.0266. The molecule has 0 saturated carbocycles. The number of carbonyl (C=O) groups excluding carboxylic acids is 1. The summed E-state index contributed by atoms with van der Waals surface area (Å²) in [4.78, 5) is 14.1. The van der Waals surface area contributed by atoms with Gasteiger partial charge in [-0.1, -0.05) is 12.2 Å². The van der Waals surface area contributed by atoms with Gasteiger partial charge in [0, 0.05) is 31.9 Å². The van der Waals surface area contributed by atoms with E-state index in [1.807, 2.05) is 19.9 Å². The molecule has 5 nitrogen and oxygen atoms in total. The van der Waals surface area contributed by atoms with Crippen molar-refractivity contribution in [1.82, 2.24) is 20.0 Å². The van der Waals surface area contributed by atoms with Crippen LogP contribution in [0.3, 0.4) is 0 Å². The van der Waals surface area contributed by atoms with Crippen LogP contribution in [-0.2, 0) is 11.3 Å². The van der Waals surface area contributed by atoms with Crippen LogP contribution in [0.4, 0.5) is 0 Å². The van der Waals surface area contributed by atoms with Gasteiger partial charge in [-0.15, -0.1) is 0 Å². The number of aryl methyl sites for hydroxylation is 2. The highest BCUT2D eigenvalue weighted by atomic mass is 16.2. The summed E-state index contributed by atoms with van der Waals surface area (Å²) < 4.78 is 1.74. The minimum absolute atomic E-state index is 0.0266. The van der Waals surface area contributed by atoms with Crippen molar-refractivity contribution in [3.8, 4) is 0 Å². The molecule has 0 bridgehead atoms. The largest absolute Gasteiger partial charge is 0.353 e. The Balaban J connectivity index is 1.70. The lowest BCUT2D eigenvalue weighted by Crippen LogP contribution is -2.37. The first-order valence-corrected chi connectivity index (χ1v) is 6.80. The van der Waals surface area contributed by atoms with E-state index < -0.39 is 0 Å². The number of rotatable bonds is 5. The molecule has 0 aliphatic carbocycles. The molecule has 19 heavy (non-hydrogen) atoms. The molecular formula is C14H22N4O. The number of carbonyl (C=O) groups is 1. The number of nitrogens with zero attached hydrogens (tertiary/aromatic N) is 3. The fourth-order valence-corrected chi connectivity index (χ4v) is 2.27. The summed E-state index contributed by atoms with van der Waals surface area (Å²) in [5, 5.41) is 7.23. The van der Waals surface area contributed by atoms with Crippen molar-refractivity contribution in [2.24, 2.45) is 0 Å². The number of amides is 1. The standard InChI is InChI=1S/C14H22N4O/c1-12-10-13(2)18(16-12)11-14(19)15-6-9-17-7-4-3-5-8-17/h3-4,10H,5-9,11H2,1-2H3,(H,15,19). The average molecular weight is 262 g/mol. The van der Waals surface area contributed by atoms with E-state index in [0.29, 0.717) is 13.1 Å². The van der Waals surface area contributed by atoms with Gasteiger partial charge in [-0.3, -0.25) is 14.4 Å². The van der Waals surface area contributed by atoms with Crippen molar-refractivity contribution in [2.45, 2.75) is 26.8 Å². The van der Waals surface area contributed by atoms with E-state index in [4.69, 9.17) is 0 Å². The maximum absolute atomic E-state index is 11.8. The third kappa shape index (κ3) is 4.21. The molecular weight excluding hydrogens is 240 g/mol. The molecule has 1 aromatic rings. The van der Waals surface area contributed by atoms with Gasteiger partial charge in [-0.25, -0.2) is 0 Å². The maximum atomic E-state index is 11.8. The maximum Gasteiger partial charge on any atom is 0.241 e. The summed E-state index contributed by atoms with van der Waals surface area (Å²) in [7, 11) is 0. The normalized spacial score (nSPS) is 15.7. The Morgan fingerprint density at radius 3 is 2.89 bits per heavy atom. The van der Waals surface area contributed by atoms with E-state index >= 15 is 0 Å². The van der Waals surface area contributed by atoms with Crippen molar-refractivity contribution in [1.29, 1.82) is 0 Å². The fourth-order valence-electron chi connectivity index (χ4n) is 2.27. The van der Waals surface area contributed by atoms with Gasteiger partial charge in [0.05, 0.1) is 5.69 Å². The molecule has 2 heterocycles. The van der Waals surface area contributed by atoms with Gasteiger partial charge in [0.25, 0.3) is 0 Å². The number of nitrogens with one attached hydrogen (secondary N) is 1. The van der Waals surface area contributed by atoms with E-state index in [0.717, 1.165) is 37.4 Å². The summed E-state index contributed by atoms with van der Waals surface area (Å²) >= 11 is 0. The third-order valence-electron chi connectivity index (χ3n) is 3.29. The van der Waals surface area contributed by atoms with Crippen LogP contribution in [0.1, 0.15) is 17.8 Å². The van der Waals surface area contributed by atoms with E-state index in [2.05, 4.69) is 27.5 Å². The SMILES string of the molecule is Cc1cc(C)n(CC(=O)NCCN2CC=CCC2)n1. The molecule has 1 aliphatic rings. The summed E-state index contributed by atoms with van der Waals surface area (Å²) in [6.45, 7) is 7.90. The predicted molar refractivity (Wildman–Crippen MR) is 74.9 cm³/mol. The lowest BCUT2D eigenvalue weighted by molar-refractivity contribution is -0.121. The zero-order valence-corrected chi connectivity index (χ0v) is 11.7. The molecule has 0 spiro atoms. The number of hydrogen-bond donors (Lipinski definition) is 1. The van der Waals surface area contributed by atoms with Crippen LogP contribution in [0.2, 0.25) is 0 Å². The van der Waals surface area contributed by atoms with Crippen LogP contribution >= 0.6 is 0 Å². The first kappa shape index (κ1) is 13.8. The Labute approximate surface area is 114 Å². The van der Waals surface area contributed by atoms with Crippen molar-refractivity contribution < 1.29 is 4.79 Å². The highest BCUT2D eigenvalue weighted by Crippen LogP contribution is 2.01. The van der Waals surface area contributed by atoms with Gasteiger partial charge in [-0.05, 0) is 26.3 Å². The highest BCUT2D eigenvalue weighted by Gasteiger charge is 2.08. The van der Waals surface area contributed by atoms with Crippen LogP contribution in [0.15, 0.2) is 18.2 Å². The quantitative estimate of drug-likeness (QED) is 0.801. The van der Waals surface area contributed by atoms with Crippen molar-refractivity contribution in [3.63, 3.8) is 0 Å². The lowest BCUT2D eigenvalue weighted by Gasteiger charge is -2.22. The molecule has 1 amide bonds. The average Bonchev–Trinajstić information content (AvgIpc) is 2.69. The topological polar surface area (TPSA) is 50.2 Å². The van der Waals surface area contributed by atoms with Crippen LogP contribution in [0.5, 0.6) is 0 Å². The Morgan fingerprint density at radius 2 is 2.26 bits per heavy atom. The molecule has 1 aliphatic heterocycles. The monoisotopic (exact) mass is 262 g/mol. The zero-order chi connectivity index (χ0) is 13.7. The van der Waals surface area contributed by atoms with Crippen LogP contribution in [0.25, 0.3) is 0 Å². The molecule has 5 heteroatoms. The molecule has 104 valence electrons. The van der Waals surface area contributed by atoms with E-state index in [9.17, 15) is 4.79 Å². The van der Waals surface area contributed by atoms with Crippen LogP contribution in [-0.4, -0.2) is 46.8 Å². The summed E-state index contributed by atoms with van der Waals surface area (Å²) in [6.07, 6.45) is 5.50. The Bertz CT molecular complexity index is 464. The predicted octanol–water partition coefficient (Wildman–Crippen LogP) is 0.878. The minimum Gasteiger partial charge on any atom is -0.353 e. The van der Waals surface area contributed by atoms with Gasteiger partial charge < -0.3 is 5.32 Å². The molecule has 0 saturated heterocycles. The van der Waals surface area contributed by atoms with Crippen molar-refractivity contribution in [3.05, 3.63) is 29.6 Å². The number of hydrogen-bond acceptors (Lipinski definition) is 3. The third-order valence-corrected chi connectivity index (χ3v) is 3.29. The lowest BCUT2D eigenvalue weighted by atomic mass is 10.2. The van der Waals surface area contributed by atoms with E-state index in [1.54, 1.807) is 4.68 Å². The van der Waals surface area contributed by atoms with Gasteiger partial charge in [0.1, 0.15) is 6.54 Å². The molecule has 2 rings (SSSR count). The number of aromatic nitrogens is 2. The van der Waals surface area contributed by atoms with Gasteiger partial charge >= 0.3 is 0 Å². The van der Waals surface area contributed by atoms with E-state index in [-0.39, 0.29) is 5.91 Å².